The minimum absolute atomic E-state index is 0.366. The molecule has 0 N–H and O–H groups in total. The first-order chi connectivity index (χ1) is 17.0. The Morgan fingerprint density at radius 2 is 0.886 bits per heavy atom. The number of rotatable bonds is 6. The van der Waals surface area contributed by atoms with Crippen molar-refractivity contribution in [3.63, 3.8) is 0 Å². The van der Waals surface area contributed by atoms with E-state index in [9.17, 15) is 0 Å². The predicted octanol–water partition coefficient (Wildman–Crippen LogP) is 7.82. The summed E-state index contributed by atoms with van der Waals surface area (Å²) in [5.41, 5.74) is 6.83. The minimum atomic E-state index is -0.381. The third-order valence-electron chi connectivity index (χ3n) is 7.06. The molecule has 0 unspecified atom stereocenters. The largest absolute Gasteiger partial charge is 0.256 e. The van der Waals surface area contributed by atoms with Gasteiger partial charge in [0.2, 0.25) is 0 Å². The van der Waals surface area contributed by atoms with Crippen molar-refractivity contribution in [1.82, 2.24) is 9.97 Å². The van der Waals surface area contributed by atoms with Gasteiger partial charge in [-0.3, -0.25) is 9.97 Å². The van der Waals surface area contributed by atoms with Crippen molar-refractivity contribution in [3.8, 4) is 11.3 Å². The van der Waals surface area contributed by atoms with E-state index in [1.165, 1.54) is 11.1 Å². The van der Waals surface area contributed by atoms with E-state index in [4.69, 9.17) is 9.97 Å². The van der Waals surface area contributed by atoms with Gasteiger partial charge in [0.15, 0.2) is 0 Å². The molecule has 0 radical (unpaired) electrons. The van der Waals surface area contributed by atoms with Crippen molar-refractivity contribution in [2.24, 2.45) is 0 Å². The van der Waals surface area contributed by atoms with Crippen LogP contribution in [0, 0.1) is 0 Å². The molecule has 0 aliphatic rings. The topological polar surface area (TPSA) is 25.8 Å². The van der Waals surface area contributed by atoms with E-state index < -0.39 is 0 Å². The number of aromatic nitrogens is 2. The number of hydrogen-bond donors (Lipinski definition) is 0. The highest BCUT2D eigenvalue weighted by molar-refractivity contribution is 5.59. The molecule has 2 heteroatoms. The molecule has 0 spiro atoms. The van der Waals surface area contributed by atoms with Crippen molar-refractivity contribution in [2.75, 3.05) is 0 Å². The quantitative estimate of drug-likeness (QED) is 0.261. The molecule has 5 aromatic rings. The number of benzene rings is 3. The van der Waals surface area contributed by atoms with Crippen molar-refractivity contribution in [3.05, 3.63) is 156 Å². The van der Waals surface area contributed by atoms with Crippen LogP contribution < -0.4 is 0 Å². The van der Waals surface area contributed by atoms with Gasteiger partial charge in [0, 0.05) is 11.0 Å². The van der Waals surface area contributed by atoms with Crippen LogP contribution in [-0.4, -0.2) is 9.97 Å². The lowest BCUT2D eigenvalue weighted by atomic mass is 9.73. The Labute approximate surface area is 208 Å². The molecule has 0 aliphatic heterocycles. The normalized spacial score (nSPS) is 11.9. The van der Waals surface area contributed by atoms with Gasteiger partial charge in [0.1, 0.15) is 0 Å². The van der Waals surface area contributed by atoms with Crippen LogP contribution in [0.3, 0.4) is 0 Å². The summed E-state index contributed by atoms with van der Waals surface area (Å²) in [6.07, 6.45) is 0. The SMILES string of the molecule is CC(C)(c1cccc(-c2ccccc2)n1)c1cccc(C(C)(c2ccccc2)c2ccccc2)n1. The lowest BCUT2D eigenvalue weighted by molar-refractivity contribution is 0.577. The zero-order chi connectivity index (χ0) is 24.3. The van der Waals surface area contributed by atoms with Crippen LogP contribution in [0.25, 0.3) is 11.3 Å². The van der Waals surface area contributed by atoms with E-state index in [0.717, 1.165) is 28.3 Å². The highest BCUT2D eigenvalue weighted by atomic mass is 14.8. The Balaban J connectivity index is 1.61. The van der Waals surface area contributed by atoms with E-state index in [-0.39, 0.29) is 10.8 Å². The van der Waals surface area contributed by atoms with Crippen LogP contribution in [0.1, 0.15) is 49.0 Å². The molecular weight excluding hydrogens is 424 g/mol. The Hall–Kier alpha value is -4.04. The standard InChI is InChI=1S/C33H30N2/c1-32(2,29-22-13-21-28(34-29)25-15-7-4-8-16-25)30-23-14-24-31(35-30)33(3,26-17-9-5-10-18-26)27-19-11-6-12-20-27/h4-24H,1-3H3. The highest BCUT2D eigenvalue weighted by Crippen LogP contribution is 2.39. The summed E-state index contributed by atoms with van der Waals surface area (Å²) in [7, 11) is 0. The third kappa shape index (κ3) is 4.28. The van der Waals surface area contributed by atoms with E-state index in [1.54, 1.807) is 0 Å². The molecule has 0 amide bonds. The molecule has 2 aromatic heterocycles. The van der Waals surface area contributed by atoms with Crippen molar-refractivity contribution < 1.29 is 0 Å². The molecule has 2 heterocycles. The average Bonchev–Trinajstić information content (AvgIpc) is 2.94. The second-order valence-corrected chi connectivity index (χ2v) is 9.66. The molecule has 0 atom stereocenters. The molecule has 5 rings (SSSR count). The lowest BCUT2D eigenvalue weighted by Crippen LogP contribution is -2.29. The molecule has 0 saturated heterocycles. The van der Waals surface area contributed by atoms with E-state index in [0.29, 0.717) is 0 Å². The van der Waals surface area contributed by atoms with Crippen molar-refractivity contribution in [1.29, 1.82) is 0 Å². The maximum atomic E-state index is 5.31. The highest BCUT2D eigenvalue weighted by Gasteiger charge is 2.34. The summed E-state index contributed by atoms with van der Waals surface area (Å²) in [4.78, 5) is 10.4. The van der Waals surface area contributed by atoms with Crippen LogP contribution in [-0.2, 0) is 10.8 Å². The Kier molecular flexibility index (Phi) is 6.05. The van der Waals surface area contributed by atoms with Crippen LogP contribution in [0.15, 0.2) is 127 Å². The second kappa shape index (κ2) is 9.31. The van der Waals surface area contributed by atoms with Gasteiger partial charge in [0.25, 0.3) is 0 Å². The molecule has 0 aliphatic carbocycles. The fourth-order valence-electron chi connectivity index (χ4n) is 4.75. The Bertz CT molecular complexity index is 1370. The van der Waals surface area contributed by atoms with Gasteiger partial charge in [-0.15, -0.1) is 0 Å². The summed E-state index contributed by atoms with van der Waals surface area (Å²) < 4.78 is 0. The predicted molar refractivity (Wildman–Crippen MR) is 144 cm³/mol. The van der Waals surface area contributed by atoms with Gasteiger partial charge in [-0.2, -0.15) is 0 Å². The van der Waals surface area contributed by atoms with E-state index >= 15 is 0 Å². The molecular formula is C33H30N2. The van der Waals surface area contributed by atoms with Gasteiger partial charge in [-0.1, -0.05) is 103 Å². The second-order valence-electron chi connectivity index (χ2n) is 9.66. The molecule has 2 nitrogen and oxygen atoms in total. The molecule has 0 bridgehead atoms. The minimum Gasteiger partial charge on any atom is -0.256 e. The summed E-state index contributed by atoms with van der Waals surface area (Å²) in [6, 6.07) is 44.3. The number of pyridine rings is 2. The van der Waals surface area contributed by atoms with Crippen LogP contribution in [0.5, 0.6) is 0 Å². The summed E-state index contributed by atoms with van der Waals surface area (Å²) in [6.45, 7) is 6.68. The molecule has 0 saturated carbocycles. The van der Waals surface area contributed by atoms with Crippen molar-refractivity contribution in [2.45, 2.75) is 31.6 Å². The summed E-state index contributed by atoms with van der Waals surface area (Å²) in [5.74, 6) is 0. The molecule has 35 heavy (non-hydrogen) atoms. The number of hydrogen-bond acceptors (Lipinski definition) is 2. The van der Waals surface area contributed by atoms with Gasteiger partial charge in [-0.05, 0) is 56.2 Å². The smallest absolute Gasteiger partial charge is 0.0705 e. The first-order valence-corrected chi connectivity index (χ1v) is 12.1. The van der Waals surface area contributed by atoms with Gasteiger partial charge >= 0.3 is 0 Å². The van der Waals surface area contributed by atoms with Crippen LogP contribution in [0.2, 0.25) is 0 Å². The van der Waals surface area contributed by atoms with Gasteiger partial charge in [0.05, 0.1) is 28.2 Å². The fourth-order valence-corrected chi connectivity index (χ4v) is 4.75. The summed E-state index contributed by atoms with van der Waals surface area (Å²) >= 11 is 0. The average molecular weight is 455 g/mol. The molecule has 0 fully saturated rings. The zero-order valence-corrected chi connectivity index (χ0v) is 20.5. The van der Waals surface area contributed by atoms with Gasteiger partial charge in [-0.25, -0.2) is 0 Å². The van der Waals surface area contributed by atoms with Gasteiger partial charge < -0.3 is 0 Å². The monoisotopic (exact) mass is 454 g/mol. The Morgan fingerprint density at radius 1 is 0.429 bits per heavy atom. The summed E-state index contributed by atoms with van der Waals surface area (Å²) in [5, 5.41) is 0. The van der Waals surface area contributed by atoms with Crippen molar-refractivity contribution >= 4 is 0 Å². The molecule has 3 aromatic carbocycles. The first-order valence-electron chi connectivity index (χ1n) is 12.1. The maximum Gasteiger partial charge on any atom is 0.0705 e. The Morgan fingerprint density at radius 3 is 1.46 bits per heavy atom. The van der Waals surface area contributed by atoms with E-state index in [1.807, 2.05) is 18.2 Å². The fraction of sp³-hybridized carbons (Fsp3) is 0.152. The third-order valence-corrected chi connectivity index (χ3v) is 7.06. The zero-order valence-electron chi connectivity index (χ0n) is 20.5. The van der Waals surface area contributed by atoms with Crippen LogP contribution in [0.4, 0.5) is 0 Å². The van der Waals surface area contributed by atoms with E-state index in [2.05, 4.69) is 130 Å². The lowest BCUT2D eigenvalue weighted by Gasteiger charge is -2.32. The number of nitrogens with zero attached hydrogens (tertiary/aromatic N) is 2. The maximum absolute atomic E-state index is 5.31. The van der Waals surface area contributed by atoms with Crippen LogP contribution >= 0.6 is 0 Å². The molecule has 172 valence electrons. The first kappa shape index (κ1) is 22.7.